The number of hydrogen-bond acceptors (Lipinski definition) is 2. The number of nitrogens with zero attached hydrogens (tertiary/aromatic N) is 2. The average molecular weight is 258 g/mol. The van der Waals surface area contributed by atoms with E-state index in [2.05, 4.69) is 23.3 Å². The van der Waals surface area contributed by atoms with E-state index in [9.17, 15) is 5.11 Å². The fourth-order valence-electron chi connectivity index (χ4n) is 2.59. The molecule has 0 aliphatic carbocycles. The summed E-state index contributed by atoms with van der Waals surface area (Å²) in [5.41, 5.74) is 4.43. The molecule has 3 nitrogen and oxygen atoms in total. The Hall–Kier alpha value is -1.61. The zero-order chi connectivity index (χ0) is 14.2. The Kier molecular flexibility index (Phi) is 3.50. The highest BCUT2D eigenvalue weighted by Gasteiger charge is 2.27. The molecule has 0 radical (unpaired) electrons. The molecule has 1 aromatic carbocycles. The Labute approximate surface area is 114 Å². The second kappa shape index (κ2) is 4.82. The summed E-state index contributed by atoms with van der Waals surface area (Å²) in [4.78, 5) is 0. The monoisotopic (exact) mass is 258 g/mol. The van der Waals surface area contributed by atoms with Gasteiger partial charge in [-0.1, -0.05) is 23.8 Å². The molecule has 0 spiro atoms. The molecule has 0 aliphatic rings. The van der Waals surface area contributed by atoms with Crippen molar-refractivity contribution in [1.29, 1.82) is 0 Å². The molecular weight excluding hydrogens is 236 g/mol. The van der Waals surface area contributed by atoms with Crippen LogP contribution in [-0.4, -0.2) is 14.9 Å². The maximum atomic E-state index is 10.8. The van der Waals surface area contributed by atoms with Crippen LogP contribution in [0, 0.1) is 20.8 Å². The quantitative estimate of drug-likeness (QED) is 0.919. The van der Waals surface area contributed by atoms with E-state index in [1.54, 1.807) is 0 Å². The summed E-state index contributed by atoms with van der Waals surface area (Å²) in [5, 5.41) is 15.2. The van der Waals surface area contributed by atoms with E-state index in [0.29, 0.717) is 6.42 Å². The van der Waals surface area contributed by atoms with Crippen molar-refractivity contribution in [3.05, 3.63) is 52.3 Å². The van der Waals surface area contributed by atoms with Crippen LogP contribution in [0.15, 0.2) is 24.3 Å². The molecule has 0 fully saturated rings. The van der Waals surface area contributed by atoms with Crippen LogP contribution in [0.4, 0.5) is 0 Å². The van der Waals surface area contributed by atoms with Crippen LogP contribution in [0.3, 0.4) is 0 Å². The van der Waals surface area contributed by atoms with Gasteiger partial charge in [-0.05, 0) is 44.9 Å². The summed E-state index contributed by atoms with van der Waals surface area (Å²) in [5.74, 6) is 0. The predicted octanol–water partition coefficient (Wildman–Crippen LogP) is 2.80. The highest BCUT2D eigenvalue weighted by molar-refractivity contribution is 5.35. The number of benzene rings is 1. The van der Waals surface area contributed by atoms with Crippen LogP contribution in [-0.2, 0) is 19.1 Å². The van der Waals surface area contributed by atoms with E-state index in [4.69, 9.17) is 0 Å². The minimum atomic E-state index is -0.879. The fraction of sp³-hybridized carbons (Fsp3) is 0.438. The Morgan fingerprint density at radius 2 is 1.89 bits per heavy atom. The normalized spacial score (nSPS) is 14.4. The molecule has 1 aromatic heterocycles. The fourth-order valence-corrected chi connectivity index (χ4v) is 2.59. The van der Waals surface area contributed by atoms with Gasteiger partial charge in [0.1, 0.15) is 0 Å². The summed E-state index contributed by atoms with van der Waals surface area (Å²) in [6.07, 6.45) is 0.564. The molecule has 19 heavy (non-hydrogen) atoms. The molecule has 2 aromatic rings. The molecule has 0 aliphatic heterocycles. The Morgan fingerprint density at radius 1 is 1.21 bits per heavy atom. The smallest absolute Gasteiger partial charge is 0.0926 e. The zero-order valence-corrected chi connectivity index (χ0v) is 12.4. The summed E-state index contributed by atoms with van der Waals surface area (Å²) >= 11 is 0. The number of aryl methyl sites for hydroxylation is 4. The third kappa shape index (κ3) is 2.87. The van der Waals surface area contributed by atoms with Crippen molar-refractivity contribution in [3.63, 3.8) is 0 Å². The lowest BCUT2D eigenvalue weighted by molar-refractivity contribution is 0.0549. The summed E-state index contributed by atoms with van der Waals surface area (Å²) in [6, 6.07) is 8.23. The van der Waals surface area contributed by atoms with E-state index in [0.717, 1.165) is 22.5 Å². The Morgan fingerprint density at radius 3 is 2.47 bits per heavy atom. The largest absolute Gasteiger partial charge is 0.385 e. The van der Waals surface area contributed by atoms with Gasteiger partial charge in [0.2, 0.25) is 0 Å². The van der Waals surface area contributed by atoms with Crippen molar-refractivity contribution in [3.8, 4) is 0 Å². The first-order valence-electron chi connectivity index (χ1n) is 6.59. The van der Waals surface area contributed by atoms with E-state index in [-0.39, 0.29) is 0 Å². The molecule has 1 unspecified atom stereocenters. The van der Waals surface area contributed by atoms with Crippen molar-refractivity contribution in [2.75, 3.05) is 0 Å². The van der Waals surface area contributed by atoms with Crippen LogP contribution >= 0.6 is 0 Å². The summed E-state index contributed by atoms with van der Waals surface area (Å²) < 4.78 is 1.84. The van der Waals surface area contributed by atoms with E-state index in [1.165, 1.54) is 5.56 Å². The highest BCUT2D eigenvalue weighted by Crippen LogP contribution is 2.28. The second-order valence-corrected chi connectivity index (χ2v) is 5.67. The summed E-state index contributed by atoms with van der Waals surface area (Å²) in [6.45, 7) is 7.93. The third-order valence-corrected chi connectivity index (χ3v) is 3.60. The molecule has 0 saturated carbocycles. The molecule has 0 saturated heterocycles. The van der Waals surface area contributed by atoms with Gasteiger partial charge in [0.05, 0.1) is 11.3 Å². The highest BCUT2D eigenvalue weighted by atomic mass is 16.3. The Balaban J connectivity index is 2.37. The predicted molar refractivity (Wildman–Crippen MR) is 77.1 cm³/mol. The van der Waals surface area contributed by atoms with Crippen molar-refractivity contribution < 1.29 is 5.11 Å². The molecule has 0 bridgehead atoms. The minimum Gasteiger partial charge on any atom is -0.385 e. The van der Waals surface area contributed by atoms with Crippen LogP contribution in [0.2, 0.25) is 0 Å². The third-order valence-electron chi connectivity index (χ3n) is 3.60. The molecular formula is C16H22N2O. The molecule has 1 N–H and O–H groups in total. The first-order chi connectivity index (χ1) is 8.79. The first kappa shape index (κ1) is 13.8. The van der Waals surface area contributed by atoms with Gasteiger partial charge >= 0.3 is 0 Å². The van der Waals surface area contributed by atoms with Crippen molar-refractivity contribution in [2.45, 2.75) is 39.7 Å². The van der Waals surface area contributed by atoms with Crippen molar-refractivity contribution in [1.82, 2.24) is 9.78 Å². The molecule has 0 amide bonds. The maximum Gasteiger partial charge on any atom is 0.0926 e. The van der Waals surface area contributed by atoms with Crippen LogP contribution in [0.25, 0.3) is 0 Å². The van der Waals surface area contributed by atoms with Crippen molar-refractivity contribution in [2.24, 2.45) is 7.05 Å². The van der Waals surface area contributed by atoms with Crippen LogP contribution < -0.4 is 0 Å². The molecule has 102 valence electrons. The van der Waals surface area contributed by atoms with Crippen LogP contribution in [0.1, 0.15) is 35.0 Å². The van der Waals surface area contributed by atoms with Gasteiger partial charge in [0.25, 0.3) is 0 Å². The van der Waals surface area contributed by atoms with E-state index < -0.39 is 5.60 Å². The average Bonchev–Trinajstić information content (AvgIpc) is 2.60. The first-order valence-corrected chi connectivity index (χ1v) is 6.59. The standard InChI is InChI=1S/C16H22N2O/c1-11-6-7-12(2)15(8-11)16(4,19)10-14-9-13(3)17-18(14)5/h6-9,19H,10H2,1-5H3. The molecule has 1 heterocycles. The lowest BCUT2D eigenvalue weighted by atomic mass is 9.87. The van der Waals surface area contributed by atoms with Gasteiger partial charge in [0.15, 0.2) is 0 Å². The zero-order valence-electron chi connectivity index (χ0n) is 12.4. The van der Waals surface area contributed by atoms with Gasteiger partial charge in [0, 0.05) is 19.2 Å². The Bertz CT molecular complexity index is 597. The van der Waals surface area contributed by atoms with Crippen LogP contribution in [0.5, 0.6) is 0 Å². The van der Waals surface area contributed by atoms with Gasteiger partial charge < -0.3 is 5.11 Å². The number of aromatic nitrogens is 2. The maximum absolute atomic E-state index is 10.8. The van der Waals surface area contributed by atoms with E-state index in [1.807, 2.05) is 45.5 Å². The SMILES string of the molecule is Cc1ccc(C)c(C(C)(O)Cc2cc(C)nn2C)c1. The van der Waals surface area contributed by atoms with Gasteiger partial charge in [-0.15, -0.1) is 0 Å². The lowest BCUT2D eigenvalue weighted by Crippen LogP contribution is -2.26. The second-order valence-electron chi connectivity index (χ2n) is 5.67. The van der Waals surface area contributed by atoms with Crippen molar-refractivity contribution >= 4 is 0 Å². The van der Waals surface area contributed by atoms with Gasteiger partial charge in [-0.3, -0.25) is 4.68 Å². The topological polar surface area (TPSA) is 38.1 Å². The number of rotatable bonds is 3. The summed E-state index contributed by atoms with van der Waals surface area (Å²) in [7, 11) is 1.92. The molecule has 1 atom stereocenters. The van der Waals surface area contributed by atoms with Gasteiger partial charge in [-0.2, -0.15) is 5.10 Å². The van der Waals surface area contributed by atoms with Gasteiger partial charge in [-0.25, -0.2) is 0 Å². The molecule has 2 rings (SSSR count). The molecule has 3 heteroatoms. The minimum absolute atomic E-state index is 0.564. The number of aliphatic hydroxyl groups is 1. The van der Waals surface area contributed by atoms with E-state index >= 15 is 0 Å². The lowest BCUT2D eigenvalue weighted by Gasteiger charge is -2.26. The number of hydrogen-bond donors (Lipinski definition) is 1.